The summed E-state index contributed by atoms with van der Waals surface area (Å²) in [4.78, 5) is 23.4. The lowest BCUT2D eigenvalue weighted by Gasteiger charge is -2.07. The summed E-state index contributed by atoms with van der Waals surface area (Å²) < 4.78 is 0. The third-order valence-electron chi connectivity index (χ3n) is 3.45. The fourth-order valence-corrected chi connectivity index (χ4v) is 2.23. The molecule has 24 heavy (non-hydrogen) atoms. The van der Waals surface area contributed by atoms with Gasteiger partial charge in [-0.2, -0.15) is 0 Å². The van der Waals surface area contributed by atoms with Crippen molar-refractivity contribution in [3.8, 4) is 0 Å². The second-order valence-corrected chi connectivity index (χ2v) is 5.47. The molecule has 0 heterocycles. The van der Waals surface area contributed by atoms with E-state index in [0.717, 1.165) is 11.1 Å². The maximum Gasteiger partial charge on any atom is 0.318 e. The normalized spacial score (nSPS) is 10.5. The number of amides is 3. The van der Waals surface area contributed by atoms with E-state index in [1.165, 1.54) is 11.6 Å². The van der Waals surface area contributed by atoms with E-state index in [4.69, 9.17) is 0 Å². The highest BCUT2D eigenvalue weighted by Crippen LogP contribution is 2.16. The Kier molecular flexibility index (Phi) is 5.73. The van der Waals surface area contributed by atoms with E-state index in [0.29, 0.717) is 11.4 Å². The van der Waals surface area contributed by atoms with Crippen LogP contribution in [0, 0.1) is 13.8 Å². The number of hydrogen-bond acceptors (Lipinski definition) is 2. The van der Waals surface area contributed by atoms with Gasteiger partial charge in [0.25, 0.3) is 0 Å². The lowest BCUT2D eigenvalue weighted by Crippen LogP contribution is -2.24. The van der Waals surface area contributed by atoms with E-state index in [1.807, 2.05) is 26.0 Å². The number of aryl methyl sites for hydroxylation is 2. The molecule has 0 fully saturated rings. The molecule has 0 spiro atoms. The first-order valence-electron chi connectivity index (χ1n) is 7.63. The number of carbonyl (C=O) groups is 2. The molecule has 2 rings (SSSR count). The molecule has 2 aromatic rings. The van der Waals surface area contributed by atoms with Crippen LogP contribution in [-0.4, -0.2) is 19.0 Å². The highest BCUT2D eigenvalue weighted by Gasteiger charge is 2.02. The molecule has 0 aliphatic carbocycles. The minimum atomic E-state index is -0.312. The van der Waals surface area contributed by atoms with Gasteiger partial charge in [0.1, 0.15) is 0 Å². The number of rotatable bonds is 4. The van der Waals surface area contributed by atoms with Crippen molar-refractivity contribution in [3.05, 3.63) is 65.2 Å². The Balaban J connectivity index is 2.03. The van der Waals surface area contributed by atoms with Crippen molar-refractivity contribution < 1.29 is 9.59 Å². The molecule has 0 radical (unpaired) electrons. The molecule has 3 N–H and O–H groups in total. The first kappa shape index (κ1) is 17.3. The summed E-state index contributed by atoms with van der Waals surface area (Å²) in [5.41, 5.74) is 4.53. The quantitative estimate of drug-likeness (QED) is 0.751. The molecule has 0 atom stereocenters. The fraction of sp³-hybridized carbons (Fsp3) is 0.158. The molecular formula is C19H21N3O2. The molecule has 0 aromatic heterocycles. The number of urea groups is 1. The van der Waals surface area contributed by atoms with Crippen molar-refractivity contribution in [2.45, 2.75) is 13.8 Å². The predicted octanol–water partition coefficient (Wildman–Crippen LogP) is 3.71. The van der Waals surface area contributed by atoms with Crippen LogP contribution in [0.1, 0.15) is 16.7 Å². The summed E-state index contributed by atoms with van der Waals surface area (Å²) in [5.74, 6) is -0.230. The van der Waals surface area contributed by atoms with Crippen LogP contribution in [-0.2, 0) is 4.79 Å². The van der Waals surface area contributed by atoms with Gasteiger partial charge in [-0.1, -0.05) is 29.8 Å². The number of benzene rings is 2. The Labute approximate surface area is 141 Å². The minimum Gasteiger partial charge on any atom is -0.341 e. The second kappa shape index (κ2) is 7.97. The van der Waals surface area contributed by atoms with Gasteiger partial charge >= 0.3 is 6.03 Å². The molecular weight excluding hydrogens is 302 g/mol. The smallest absolute Gasteiger partial charge is 0.318 e. The lowest BCUT2D eigenvalue weighted by molar-refractivity contribution is -0.111. The van der Waals surface area contributed by atoms with Crippen LogP contribution in [0.2, 0.25) is 0 Å². The fourth-order valence-electron chi connectivity index (χ4n) is 2.23. The van der Waals surface area contributed by atoms with Crippen molar-refractivity contribution in [1.29, 1.82) is 0 Å². The first-order valence-corrected chi connectivity index (χ1v) is 7.63. The summed E-state index contributed by atoms with van der Waals surface area (Å²) in [7, 11) is 1.54. The number of anilines is 2. The van der Waals surface area contributed by atoms with Crippen LogP contribution in [0.25, 0.3) is 6.08 Å². The topological polar surface area (TPSA) is 70.2 Å². The van der Waals surface area contributed by atoms with E-state index in [1.54, 1.807) is 37.4 Å². The largest absolute Gasteiger partial charge is 0.341 e. The van der Waals surface area contributed by atoms with Crippen molar-refractivity contribution in [1.82, 2.24) is 5.32 Å². The SMILES string of the molecule is CNC(=O)Nc1cccc(NC(=O)/C=C/c2ccc(C)cc2C)c1. The molecule has 0 unspecified atom stereocenters. The molecule has 0 aliphatic heterocycles. The van der Waals surface area contributed by atoms with E-state index in [-0.39, 0.29) is 11.9 Å². The summed E-state index contributed by atoms with van der Waals surface area (Å²) in [6.45, 7) is 4.05. The summed E-state index contributed by atoms with van der Waals surface area (Å²) in [6.07, 6.45) is 3.28. The maximum absolute atomic E-state index is 12.1. The number of hydrogen-bond donors (Lipinski definition) is 3. The van der Waals surface area contributed by atoms with Crippen LogP contribution in [0.4, 0.5) is 16.2 Å². The number of nitrogens with one attached hydrogen (secondary N) is 3. The maximum atomic E-state index is 12.1. The van der Waals surface area contributed by atoms with Crippen molar-refractivity contribution in [3.63, 3.8) is 0 Å². The van der Waals surface area contributed by atoms with Crippen molar-refractivity contribution >= 4 is 29.4 Å². The summed E-state index contributed by atoms with van der Waals surface area (Å²) in [5, 5.41) is 7.91. The Hall–Kier alpha value is -3.08. The van der Waals surface area contributed by atoms with Gasteiger partial charge in [0, 0.05) is 24.5 Å². The average molecular weight is 323 g/mol. The molecule has 5 heteroatoms. The van der Waals surface area contributed by atoms with Crippen LogP contribution >= 0.6 is 0 Å². The Morgan fingerprint density at radius 3 is 2.33 bits per heavy atom. The molecule has 0 saturated heterocycles. The standard InChI is InChI=1S/C19H21N3O2/c1-13-7-8-15(14(2)11-13)9-10-18(23)21-16-5-4-6-17(12-16)22-19(24)20-3/h4-12H,1-3H3,(H,21,23)(H2,20,22,24)/b10-9+. The van der Waals surface area contributed by atoms with Gasteiger partial charge in [0.05, 0.1) is 0 Å². The zero-order chi connectivity index (χ0) is 17.5. The molecule has 3 amide bonds. The molecule has 5 nitrogen and oxygen atoms in total. The monoisotopic (exact) mass is 323 g/mol. The minimum absolute atomic E-state index is 0.230. The highest BCUT2D eigenvalue weighted by atomic mass is 16.2. The third kappa shape index (κ3) is 4.98. The van der Waals surface area contributed by atoms with Crippen LogP contribution in [0.5, 0.6) is 0 Å². The molecule has 0 saturated carbocycles. The van der Waals surface area contributed by atoms with Crippen molar-refractivity contribution in [2.24, 2.45) is 0 Å². The van der Waals surface area contributed by atoms with Gasteiger partial charge in [0.15, 0.2) is 0 Å². The van der Waals surface area contributed by atoms with Crippen LogP contribution < -0.4 is 16.0 Å². The van der Waals surface area contributed by atoms with Gasteiger partial charge in [-0.15, -0.1) is 0 Å². The zero-order valence-corrected chi connectivity index (χ0v) is 14.0. The van der Waals surface area contributed by atoms with Gasteiger partial charge in [-0.25, -0.2) is 4.79 Å². The Bertz CT molecular complexity index is 782. The average Bonchev–Trinajstić information content (AvgIpc) is 2.54. The third-order valence-corrected chi connectivity index (χ3v) is 3.45. The predicted molar refractivity (Wildman–Crippen MR) is 98.1 cm³/mol. The summed E-state index contributed by atoms with van der Waals surface area (Å²) >= 11 is 0. The van der Waals surface area contributed by atoms with E-state index in [9.17, 15) is 9.59 Å². The molecule has 0 aliphatic rings. The van der Waals surface area contributed by atoms with Crippen LogP contribution in [0.3, 0.4) is 0 Å². The lowest BCUT2D eigenvalue weighted by atomic mass is 10.1. The van der Waals surface area contributed by atoms with Crippen molar-refractivity contribution in [2.75, 3.05) is 17.7 Å². The van der Waals surface area contributed by atoms with E-state index < -0.39 is 0 Å². The zero-order valence-electron chi connectivity index (χ0n) is 14.0. The van der Waals surface area contributed by atoms with Gasteiger partial charge in [0.2, 0.25) is 5.91 Å². The Morgan fingerprint density at radius 1 is 0.958 bits per heavy atom. The molecule has 0 bridgehead atoms. The number of carbonyl (C=O) groups excluding carboxylic acids is 2. The van der Waals surface area contributed by atoms with Gasteiger partial charge < -0.3 is 16.0 Å². The van der Waals surface area contributed by atoms with Gasteiger partial charge in [-0.05, 0) is 49.2 Å². The van der Waals surface area contributed by atoms with E-state index in [2.05, 4.69) is 22.0 Å². The second-order valence-electron chi connectivity index (χ2n) is 5.47. The van der Waals surface area contributed by atoms with Gasteiger partial charge in [-0.3, -0.25) is 4.79 Å². The summed E-state index contributed by atoms with van der Waals surface area (Å²) in [6, 6.07) is 12.7. The van der Waals surface area contributed by atoms with Crippen LogP contribution in [0.15, 0.2) is 48.5 Å². The molecule has 124 valence electrons. The van der Waals surface area contributed by atoms with E-state index >= 15 is 0 Å². The Morgan fingerprint density at radius 2 is 1.67 bits per heavy atom. The highest BCUT2D eigenvalue weighted by molar-refractivity contribution is 6.02. The molecule has 2 aromatic carbocycles. The first-order chi connectivity index (χ1) is 11.5.